The summed E-state index contributed by atoms with van der Waals surface area (Å²) in [4.78, 5) is 21.0. The van der Waals surface area contributed by atoms with E-state index in [2.05, 4.69) is 29.0 Å². The maximum Gasteiger partial charge on any atom is 0.265 e. The highest BCUT2D eigenvalue weighted by molar-refractivity contribution is 7.29. The molecule has 0 aliphatic heterocycles. The third-order valence-electron chi connectivity index (χ3n) is 3.85. The molecule has 0 aliphatic rings. The summed E-state index contributed by atoms with van der Waals surface area (Å²) in [6, 6.07) is 7.42. The predicted octanol–water partition coefficient (Wildman–Crippen LogP) is 4.35. The zero-order valence-electron chi connectivity index (χ0n) is 13.9. The average Bonchev–Trinajstić information content (AvgIpc) is 3.11. The van der Waals surface area contributed by atoms with Gasteiger partial charge in [0.2, 0.25) is 0 Å². The Morgan fingerprint density at radius 1 is 1.25 bits per heavy atom. The number of nitrogens with zero attached hydrogens (tertiary/aromatic N) is 2. The maximum atomic E-state index is 12.5. The van der Waals surface area contributed by atoms with Gasteiger partial charge in [0.15, 0.2) is 5.13 Å². The zero-order chi connectivity index (χ0) is 17.3. The summed E-state index contributed by atoms with van der Waals surface area (Å²) in [7, 11) is 0. The molecule has 2 heterocycles. The highest BCUT2D eigenvalue weighted by Crippen LogP contribution is 2.35. The smallest absolute Gasteiger partial charge is 0.265 e. The van der Waals surface area contributed by atoms with Crippen LogP contribution in [0.4, 0.5) is 16.5 Å². The van der Waals surface area contributed by atoms with Crippen LogP contribution in [0.5, 0.6) is 0 Å². The van der Waals surface area contributed by atoms with Crippen LogP contribution >= 0.6 is 22.7 Å². The van der Waals surface area contributed by atoms with Gasteiger partial charge in [-0.25, -0.2) is 4.98 Å². The number of amides is 1. The number of carbonyl (C=O) groups is 1. The van der Waals surface area contributed by atoms with Crippen LogP contribution in [0, 0.1) is 6.92 Å². The van der Waals surface area contributed by atoms with E-state index >= 15 is 0 Å². The Kier molecular flexibility index (Phi) is 4.73. The Bertz CT molecular complexity index is 848. The van der Waals surface area contributed by atoms with Crippen LogP contribution in [-0.2, 0) is 0 Å². The van der Waals surface area contributed by atoms with E-state index in [1.807, 2.05) is 25.1 Å². The first-order valence-electron chi connectivity index (χ1n) is 7.84. The van der Waals surface area contributed by atoms with Crippen molar-refractivity contribution in [2.45, 2.75) is 20.8 Å². The molecule has 0 unspecified atom stereocenters. The number of nitrogens with two attached hydrogens (primary N) is 1. The number of carbonyl (C=O) groups excluding carboxylic acids is 1. The van der Waals surface area contributed by atoms with E-state index in [-0.39, 0.29) is 5.91 Å². The summed E-state index contributed by atoms with van der Waals surface area (Å²) in [5.74, 6) is -0.122. The highest BCUT2D eigenvalue weighted by Gasteiger charge is 2.16. The molecule has 126 valence electrons. The van der Waals surface area contributed by atoms with Crippen LogP contribution in [0.15, 0.2) is 24.3 Å². The van der Waals surface area contributed by atoms with Gasteiger partial charge in [0.05, 0.1) is 9.58 Å². The molecular formula is C17H20N4OS2. The van der Waals surface area contributed by atoms with Crippen LogP contribution in [0.1, 0.15) is 29.1 Å². The Balaban J connectivity index is 1.83. The standard InChI is InChI=1S/C17H20N4OS2/c1-4-21(5-2)17-20-16-14(24-17)9-13(23-16)15(22)19-12-8-11(18)7-6-10(12)3/h6-9H,4-5,18H2,1-3H3,(H,19,22). The van der Waals surface area contributed by atoms with E-state index in [1.165, 1.54) is 11.3 Å². The number of aromatic nitrogens is 1. The van der Waals surface area contributed by atoms with E-state index in [4.69, 9.17) is 5.73 Å². The van der Waals surface area contributed by atoms with Crippen LogP contribution in [0.3, 0.4) is 0 Å². The molecule has 3 rings (SSSR count). The Labute approximate surface area is 149 Å². The largest absolute Gasteiger partial charge is 0.399 e. The Morgan fingerprint density at radius 2 is 2.00 bits per heavy atom. The number of fused-ring (bicyclic) bond motifs is 1. The number of anilines is 3. The molecule has 0 fully saturated rings. The number of hydrogen-bond donors (Lipinski definition) is 2. The molecule has 0 radical (unpaired) electrons. The van der Waals surface area contributed by atoms with Gasteiger partial charge in [0.1, 0.15) is 4.83 Å². The normalized spacial score (nSPS) is 11.0. The number of nitrogen functional groups attached to an aromatic ring is 1. The fourth-order valence-electron chi connectivity index (χ4n) is 2.42. The van der Waals surface area contributed by atoms with E-state index in [9.17, 15) is 4.79 Å². The van der Waals surface area contributed by atoms with Gasteiger partial charge >= 0.3 is 0 Å². The summed E-state index contributed by atoms with van der Waals surface area (Å²) in [6.45, 7) is 8.04. The van der Waals surface area contributed by atoms with E-state index in [0.717, 1.165) is 39.0 Å². The molecule has 0 bridgehead atoms. The van der Waals surface area contributed by atoms with Gasteiger partial charge in [-0.05, 0) is 44.5 Å². The lowest BCUT2D eigenvalue weighted by Gasteiger charge is -2.16. The van der Waals surface area contributed by atoms with Crippen molar-refractivity contribution in [1.82, 2.24) is 4.98 Å². The second kappa shape index (κ2) is 6.78. The number of thiophene rings is 1. The van der Waals surface area contributed by atoms with Crippen LogP contribution in [0.2, 0.25) is 0 Å². The molecule has 0 spiro atoms. The first kappa shape index (κ1) is 16.7. The van der Waals surface area contributed by atoms with Crippen LogP contribution < -0.4 is 16.0 Å². The van der Waals surface area contributed by atoms with Gasteiger partial charge < -0.3 is 16.0 Å². The lowest BCUT2D eigenvalue weighted by Crippen LogP contribution is -2.21. The fourth-order valence-corrected chi connectivity index (χ4v) is 4.66. The third kappa shape index (κ3) is 3.22. The molecule has 3 N–H and O–H groups in total. The lowest BCUT2D eigenvalue weighted by atomic mass is 10.2. The number of benzene rings is 1. The molecule has 0 saturated heterocycles. The van der Waals surface area contributed by atoms with Gasteiger partial charge in [-0.15, -0.1) is 11.3 Å². The second-order valence-corrected chi connectivity index (χ2v) is 7.52. The molecule has 7 heteroatoms. The molecule has 0 saturated carbocycles. The van der Waals surface area contributed by atoms with Crippen molar-refractivity contribution in [2.75, 3.05) is 29.0 Å². The third-order valence-corrected chi connectivity index (χ3v) is 6.07. The molecule has 1 amide bonds. The minimum atomic E-state index is -0.122. The zero-order valence-corrected chi connectivity index (χ0v) is 15.6. The molecule has 1 aromatic carbocycles. The molecule has 3 aromatic rings. The summed E-state index contributed by atoms with van der Waals surface area (Å²) >= 11 is 3.05. The predicted molar refractivity (Wildman–Crippen MR) is 105 cm³/mol. The van der Waals surface area contributed by atoms with Gasteiger partial charge in [-0.2, -0.15) is 0 Å². The van der Waals surface area contributed by atoms with Crippen molar-refractivity contribution in [3.8, 4) is 0 Å². The molecule has 5 nitrogen and oxygen atoms in total. The van der Waals surface area contributed by atoms with Crippen molar-refractivity contribution < 1.29 is 4.79 Å². The van der Waals surface area contributed by atoms with Crippen molar-refractivity contribution in [2.24, 2.45) is 0 Å². The van der Waals surface area contributed by atoms with Gasteiger partial charge in [-0.1, -0.05) is 17.4 Å². The van der Waals surface area contributed by atoms with Crippen LogP contribution in [0.25, 0.3) is 9.53 Å². The second-order valence-electron chi connectivity index (χ2n) is 5.48. The summed E-state index contributed by atoms with van der Waals surface area (Å²) < 4.78 is 1.05. The number of rotatable bonds is 5. The SMILES string of the molecule is CCN(CC)c1nc2sc(C(=O)Nc3cc(N)ccc3C)cc2s1. The fraction of sp³-hybridized carbons (Fsp3) is 0.294. The lowest BCUT2D eigenvalue weighted by molar-refractivity contribution is 0.103. The van der Waals surface area contributed by atoms with Gasteiger partial charge in [-0.3, -0.25) is 4.79 Å². The Hall–Kier alpha value is -2.12. The number of nitrogens with one attached hydrogen (secondary N) is 1. The number of thiazole rings is 1. The maximum absolute atomic E-state index is 12.5. The minimum Gasteiger partial charge on any atom is -0.399 e. The van der Waals surface area contributed by atoms with Crippen molar-refractivity contribution >= 4 is 54.6 Å². The molecular weight excluding hydrogens is 340 g/mol. The molecule has 0 aliphatic carbocycles. The topological polar surface area (TPSA) is 71.2 Å². The average molecular weight is 361 g/mol. The summed E-state index contributed by atoms with van der Waals surface area (Å²) in [6.07, 6.45) is 0. The van der Waals surface area contributed by atoms with Crippen molar-refractivity contribution in [3.05, 3.63) is 34.7 Å². The van der Waals surface area contributed by atoms with Gasteiger partial charge in [0, 0.05) is 24.5 Å². The van der Waals surface area contributed by atoms with Crippen molar-refractivity contribution in [1.29, 1.82) is 0 Å². The van der Waals surface area contributed by atoms with E-state index < -0.39 is 0 Å². The van der Waals surface area contributed by atoms with E-state index in [0.29, 0.717) is 10.6 Å². The van der Waals surface area contributed by atoms with Crippen molar-refractivity contribution in [3.63, 3.8) is 0 Å². The van der Waals surface area contributed by atoms with E-state index in [1.54, 1.807) is 17.4 Å². The highest BCUT2D eigenvalue weighted by atomic mass is 32.1. The molecule has 0 atom stereocenters. The first-order chi connectivity index (χ1) is 11.5. The number of aryl methyl sites for hydroxylation is 1. The summed E-state index contributed by atoms with van der Waals surface area (Å²) in [5, 5.41) is 3.95. The molecule has 24 heavy (non-hydrogen) atoms. The minimum absolute atomic E-state index is 0.122. The quantitative estimate of drug-likeness (QED) is 0.664. The number of hydrogen-bond acceptors (Lipinski definition) is 6. The van der Waals surface area contributed by atoms with Gasteiger partial charge in [0.25, 0.3) is 5.91 Å². The monoisotopic (exact) mass is 360 g/mol. The molecule has 2 aromatic heterocycles. The Morgan fingerprint density at radius 3 is 2.67 bits per heavy atom. The summed E-state index contributed by atoms with van der Waals surface area (Å²) in [5.41, 5.74) is 8.16. The first-order valence-corrected chi connectivity index (χ1v) is 9.48. The van der Waals surface area contributed by atoms with Crippen LogP contribution in [-0.4, -0.2) is 24.0 Å².